The van der Waals surface area contributed by atoms with E-state index in [2.05, 4.69) is 33.1 Å². The van der Waals surface area contributed by atoms with Crippen molar-refractivity contribution in [1.82, 2.24) is 10.3 Å². The average Bonchev–Trinajstić information content (AvgIpc) is 2.84. The van der Waals surface area contributed by atoms with E-state index >= 15 is 0 Å². The molecule has 190 valence electrons. The van der Waals surface area contributed by atoms with Crippen molar-refractivity contribution in [1.29, 1.82) is 0 Å². The molecule has 0 saturated carbocycles. The molecule has 1 aromatic heterocycles. The van der Waals surface area contributed by atoms with Crippen molar-refractivity contribution in [2.45, 2.75) is 45.4 Å². The molecule has 1 aliphatic rings. The normalized spacial score (nSPS) is 16.7. The van der Waals surface area contributed by atoms with Gasteiger partial charge in [-0.1, -0.05) is 52.7 Å². The van der Waals surface area contributed by atoms with Gasteiger partial charge in [0.2, 0.25) is 0 Å². The van der Waals surface area contributed by atoms with Gasteiger partial charge in [0.15, 0.2) is 0 Å². The SMILES string of the molecule is Cc1c(N2CCCC(C)C2)nc2ccc(Br)cc2c1C(=O)NCC(CCC(=O)O)c1ccccc1Cl. The summed E-state index contributed by atoms with van der Waals surface area (Å²) in [6.07, 6.45) is 2.67. The third-order valence-electron chi connectivity index (χ3n) is 6.91. The van der Waals surface area contributed by atoms with Crippen molar-refractivity contribution in [2.24, 2.45) is 5.92 Å². The van der Waals surface area contributed by atoms with Gasteiger partial charge in [-0.05, 0) is 61.9 Å². The number of carboxylic acid groups (broad SMARTS) is 1. The number of hydrogen-bond acceptors (Lipinski definition) is 4. The summed E-state index contributed by atoms with van der Waals surface area (Å²) in [6.45, 7) is 6.33. The zero-order valence-electron chi connectivity index (χ0n) is 20.6. The van der Waals surface area contributed by atoms with Gasteiger partial charge in [-0.25, -0.2) is 4.98 Å². The summed E-state index contributed by atoms with van der Waals surface area (Å²) in [4.78, 5) is 32.3. The fourth-order valence-corrected chi connectivity index (χ4v) is 5.73. The third-order valence-corrected chi connectivity index (χ3v) is 7.75. The van der Waals surface area contributed by atoms with Crippen LogP contribution >= 0.6 is 27.5 Å². The van der Waals surface area contributed by atoms with Crippen molar-refractivity contribution in [3.63, 3.8) is 0 Å². The summed E-state index contributed by atoms with van der Waals surface area (Å²) in [6, 6.07) is 13.2. The minimum absolute atomic E-state index is 0.00673. The Balaban J connectivity index is 1.68. The molecule has 1 fully saturated rings. The van der Waals surface area contributed by atoms with Gasteiger partial charge in [0.05, 0.1) is 11.1 Å². The number of carbonyl (C=O) groups is 2. The Hall–Kier alpha value is -2.64. The number of benzene rings is 2. The number of aliphatic carboxylic acids is 1. The number of carboxylic acids is 1. The van der Waals surface area contributed by atoms with Crippen LogP contribution < -0.4 is 10.2 Å². The van der Waals surface area contributed by atoms with Crippen LogP contribution in [0.5, 0.6) is 0 Å². The maximum absolute atomic E-state index is 13.7. The maximum Gasteiger partial charge on any atom is 0.303 e. The summed E-state index contributed by atoms with van der Waals surface area (Å²) in [7, 11) is 0. The molecule has 3 aromatic rings. The van der Waals surface area contributed by atoms with Gasteiger partial charge in [-0.3, -0.25) is 9.59 Å². The van der Waals surface area contributed by atoms with Crippen LogP contribution in [0.3, 0.4) is 0 Å². The molecule has 2 aromatic carbocycles. The van der Waals surface area contributed by atoms with Crippen LogP contribution in [0.4, 0.5) is 5.82 Å². The highest BCUT2D eigenvalue weighted by atomic mass is 79.9. The van der Waals surface area contributed by atoms with E-state index in [0.29, 0.717) is 22.9 Å². The Morgan fingerprint density at radius 3 is 2.78 bits per heavy atom. The monoisotopic (exact) mass is 571 g/mol. The topological polar surface area (TPSA) is 82.5 Å². The van der Waals surface area contributed by atoms with Crippen LogP contribution in [0.2, 0.25) is 5.02 Å². The van der Waals surface area contributed by atoms with Crippen LogP contribution in [-0.2, 0) is 4.79 Å². The standard InChI is InChI=1S/C28H31BrClN3O3/c1-17-6-5-13-33(16-17)27-18(2)26(22-14-20(29)10-11-24(22)32-27)28(36)31-15-19(9-12-25(34)35)21-7-3-4-8-23(21)30/h3-4,7-8,10-11,14,17,19H,5-6,9,12-13,15-16H2,1-2H3,(H,31,36)(H,34,35). The fourth-order valence-electron chi connectivity index (χ4n) is 5.08. The van der Waals surface area contributed by atoms with E-state index in [9.17, 15) is 14.7 Å². The zero-order valence-corrected chi connectivity index (χ0v) is 22.9. The largest absolute Gasteiger partial charge is 0.481 e. The second kappa shape index (κ2) is 11.6. The number of nitrogens with one attached hydrogen (secondary N) is 1. The van der Waals surface area contributed by atoms with Gasteiger partial charge < -0.3 is 15.3 Å². The molecule has 2 atom stereocenters. The lowest BCUT2D eigenvalue weighted by molar-refractivity contribution is -0.137. The minimum Gasteiger partial charge on any atom is -0.481 e. The van der Waals surface area contributed by atoms with Gasteiger partial charge in [0.1, 0.15) is 5.82 Å². The Labute approximate surface area is 225 Å². The molecule has 0 aliphatic carbocycles. The number of carbonyl (C=O) groups excluding carboxylic acids is 1. The maximum atomic E-state index is 13.7. The first-order valence-electron chi connectivity index (χ1n) is 12.3. The number of amides is 1. The van der Waals surface area contributed by atoms with E-state index in [1.807, 2.05) is 43.3 Å². The molecule has 4 rings (SSSR count). The number of halogens is 2. The summed E-state index contributed by atoms with van der Waals surface area (Å²) in [5.74, 6) is 0.135. The van der Waals surface area contributed by atoms with Gasteiger partial charge in [0.25, 0.3) is 5.91 Å². The van der Waals surface area contributed by atoms with Crippen molar-refractivity contribution in [3.05, 3.63) is 68.7 Å². The molecule has 0 spiro atoms. The van der Waals surface area contributed by atoms with E-state index in [1.54, 1.807) is 6.07 Å². The molecule has 8 heteroatoms. The zero-order chi connectivity index (χ0) is 25.8. The number of anilines is 1. The first kappa shape index (κ1) is 26.4. The Morgan fingerprint density at radius 2 is 2.06 bits per heavy atom. The molecule has 2 unspecified atom stereocenters. The highest BCUT2D eigenvalue weighted by Crippen LogP contribution is 2.33. The Morgan fingerprint density at radius 1 is 1.28 bits per heavy atom. The molecule has 6 nitrogen and oxygen atoms in total. The predicted octanol–water partition coefficient (Wildman–Crippen LogP) is 6.57. The molecule has 2 N–H and O–H groups in total. The molecule has 36 heavy (non-hydrogen) atoms. The van der Waals surface area contributed by atoms with Crippen molar-refractivity contribution in [3.8, 4) is 0 Å². The van der Waals surface area contributed by atoms with Crippen LogP contribution in [0.1, 0.15) is 60.0 Å². The molecule has 1 amide bonds. The summed E-state index contributed by atoms with van der Waals surface area (Å²) in [5.41, 5.74) is 3.07. The first-order valence-corrected chi connectivity index (χ1v) is 13.5. The molecule has 0 radical (unpaired) electrons. The number of nitrogens with zero attached hydrogens (tertiary/aromatic N) is 2. The van der Waals surface area contributed by atoms with Crippen LogP contribution in [0, 0.1) is 12.8 Å². The third kappa shape index (κ3) is 6.01. The number of piperidine rings is 1. The fraction of sp³-hybridized carbons (Fsp3) is 0.393. The molecular formula is C28H31BrClN3O3. The summed E-state index contributed by atoms with van der Waals surface area (Å²) >= 11 is 9.96. The van der Waals surface area contributed by atoms with Gasteiger partial charge in [-0.15, -0.1) is 0 Å². The summed E-state index contributed by atoms with van der Waals surface area (Å²) in [5, 5.41) is 13.7. The molecule has 2 heterocycles. The second-order valence-electron chi connectivity index (χ2n) is 9.65. The predicted molar refractivity (Wildman–Crippen MR) is 148 cm³/mol. The average molecular weight is 573 g/mol. The second-order valence-corrected chi connectivity index (χ2v) is 11.0. The quantitative estimate of drug-likeness (QED) is 0.319. The highest BCUT2D eigenvalue weighted by molar-refractivity contribution is 9.10. The van der Waals surface area contributed by atoms with Crippen molar-refractivity contribution >= 4 is 56.1 Å². The highest BCUT2D eigenvalue weighted by Gasteiger charge is 2.25. The number of hydrogen-bond donors (Lipinski definition) is 2. The van der Waals surface area contributed by atoms with Crippen molar-refractivity contribution < 1.29 is 14.7 Å². The van der Waals surface area contributed by atoms with E-state index in [-0.39, 0.29) is 24.8 Å². The minimum atomic E-state index is -0.875. The van der Waals surface area contributed by atoms with E-state index < -0.39 is 5.97 Å². The molecule has 1 saturated heterocycles. The van der Waals surface area contributed by atoms with Gasteiger partial charge in [0, 0.05) is 52.4 Å². The van der Waals surface area contributed by atoms with E-state index in [4.69, 9.17) is 16.6 Å². The van der Waals surface area contributed by atoms with Crippen molar-refractivity contribution in [2.75, 3.05) is 24.5 Å². The lowest BCUT2D eigenvalue weighted by atomic mass is 9.93. The lowest BCUT2D eigenvalue weighted by Crippen LogP contribution is -2.36. The van der Waals surface area contributed by atoms with E-state index in [1.165, 1.54) is 6.42 Å². The van der Waals surface area contributed by atoms with Crippen LogP contribution in [0.25, 0.3) is 10.9 Å². The Bertz CT molecular complexity index is 1280. The van der Waals surface area contributed by atoms with Crippen LogP contribution in [0.15, 0.2) is 46.9 Å². The number of fused-ring (bicyclic) bond motifs is 1. The Kier molecular flexibility index (Phi) is 8.52. The van der Waals surface area contributed by atoms with Gasteiger partial charge in [-0.2, -0.15) is 0 Å². The first-order chi connectivity index (χ1) is 17.2. The number of aromatic nitrogens is 1. The number of pyridine rings is 1. The molecule has 0 bridgehead atoms. The molecular weight excluding hydrogens is 542 g/mol. The lowest BCUT2D eigenvalue weighted by Gasteiger charge is -2.33. The van der Waals surface area contributed by atoms with Gasteiger partial charge >= 0.3 is 5.97 Å². The number of rotatable bonds is 8. The molecule has 1 aliphatic heterocycles. The smallest absolute Gasteiger partial charge is 0.303 e. The summed E-state index contributed by atoms with van der Waals surface area (Å²) < 4.78 is 0.875. The van der Waals surface area contributed by atoms with E-state index in [0.717, 1.165) is 51.8 Å². The van der Waals surface area contributed by atoms with Crippen LogP contribution in [-0.4, -0.2) is 41.6 Å².